The molecule has 5 rings (SSSR count). The molecule has 180 valence electrons. The molecule has 1 amide bonds. The first kappa shape index (κ1) is 23.3. The molecule has 0 aliphatic heterocycles. The molecule has 2 N–H and O–H groups in total. The van der Waals surface area contributed by atoms with Crippen LogP contribution in [0.15, 0.2) is 103 Å². The zero-order chi connectivity index (χ0) is 25.1. The third kappa shape index (κ3) is 4.12. The summed E-state index contributed by atoms with van der Waals surface area (Å²) in [6, 6.07) is 31.7. The van der Waals surface area contributed by atoms with Gasteiger partial charge in [0, 0.05) is 17.8 Å². The zero-order valence-electron chi connectivity index (χ0n) is 20.2. The Bertz CT molecular complexity index is 1450. The van der Waals surface area contributed by atoms with Gasteiger partial charge >= 0.3 is 0 Å². The van der Waals surface area contributed by atoms with Gasteiger partial charge in [0.15, 0.2) is 11.4 Å². The quantitative estimate of drug-likeness (QED) is 0.320. The van der Waals surface area contributed by atoms with E-state index in [0.717, 1.165) is 22.4 Å². The van der Waals surface area contributed by atoms with Gasteiger partial charge < -0.3 is 19.7 Å². The summed E-state index contributed by atoms with van der Waals surface area (Å²) in [7, 11) is 1.60. The highest BCUT2D eigenvalue weighted by molar-refractivity contribution is 6.06. The van der Waals surface area contributed by atoms with Gasteiger partial charge in [-0.3, -0.25) is 4.79 Å². The van der Waals surface area contributed by atoms with Gasteiger partial charge in [0.1, 0.15) is 5.75 Å². The molecule has 5 aromatic rings. The molecule has 0 atom stereocenters. The number of nitrogens with one attached hydrogen (secondary N) is 1. The molecular formula is C30H27N3O3. The van der Waals surface area contributed by atoms with E-state index in [-0.39, 0.29) is 5.91 Å². The topological polar surface area (TPSA) is 76.4 Å². The Kier molecular flexibility index (Phi) is 6.27. The normalized spacial score (nSPS) is 11.4. The van der Waals surface area contributed by atoms with E-state index in [1.165, 1.54) is 0 Å². The number of imidazole rings is 1. The number of fused-ring (bicyclic) bond motifs is 1. The molecule has 6 heteroatoms. The summed E-state index contributed by atoms with van der Waals surface area (Å²) in [5.74, 6) is 0.997. The number of carbonyl (C=O) groups excluding carboxylic acids is 1. The minimum atomic E-state index is -1.47. The number of ether oxygens (including phenoxy) is 1. The molecular weight excluding hydrogens is 450 g/mol. The minimum Gasteiger partial charge on any atom is -0.497 e. The summed E-state index contributed by atoms with van der Waals surface area (Å²) < 4.78 is 7.16. The van der Waals surface area contributed by atoms with E-state index in [1.54, 1.807) is 37.4 Å². The van der Waals surface area contributed by atoms with Crippen molar-refractivity contribution in [2.75, 3.05) is 12.4 Å². The molecule has 0 spiro atoms. The van der Waals surface area contributed by atoms with E-state index in [0.29, 0.717) is 29.1 Å². The van der Waals surface area contributed by atoms with Crippen molar-refractivity contribution in [1.29, 1.82) is 0 Å². The van der Waals surface area contributed by atoms with Gasteiger partial charge in [-0.15, -0.1) is 0 Å². The van der Waals surface area contributed by atoms with Gasteiger partial charge in [0.05, 0.1) is 18.1 Å². The molecule has 0 fully saturated rings. The van der Waals surface area contributed by atoms with E-state index in [1.807, 2.05) is 84.3 Å². The molecule has 0 unspecified atom stereocenters. The molecule has 0 saturated carbocycles. The standard InChI is InChI=1S/C30H27N3O3/c1-3-33-27-20-21(28(34)31-24-15-17-25(36-2)18-16-24)14-19-26(27)32-29(33)30(35,22-10-6-4-7-11-22)23-12-8-5-9-13-23/h4-20,35H,3H2,1-2H3,(H,31,34). The van der Waals surface area contributed by atoms with Crippen LogP contribution >= 0.6 is 0 Å². The fourth-order valence-corrected chi connectivity index (χ4v) is 4.52. The first-order valence-corrected chi connectivity index (χ1v) is 11.8. The second-order valence-corrected chi connectivity index (χ2v) is 8.51. The number of methoxy groups -OCH3 is 1. The van der Waals surface area contributed by atoms with Crippen LogP contribution in [-0.4, -0.2) is 27.7 Å². The Hall–Kier alpha value is -4.42. The smallest absolute Gasteiger partial charge is 0.255 e. The number of hydrogen-bond donors (Lipinski definition) is 2. The fraction of sp³-hybridized carbons (Fsp3) is 0.133. The Morgan fingerprint density at radius 1 is 0.917 bits per heavy atom. The summed E-state index contributed by atoms with van der Waals surface area (Å²) in [4.78, 5) is 17.9. The van der Waals surface area contributed by atoms with Gasteiger partial charge in [0.2, 0.25) is 0 Å². The number of nitrogens with zero attached hydrogens (tertiary/aromatic N) is 2. The van der Waals surface area contributed by atoms with Crippen LogP contribution < -0.4 is 10.1 Å². The molecule has 1 heterocycles. The largest absolute Gasteiger partial charge is 0.497 e. The average molecular weight is 478 g/mol. The van der Waals surface area contributed by atoms with E-state index in [4.69, 9.17) is 9.72 Å². The summed E-state index contributed by atoms with van der Waals surface area (Å²) in [6.07, 6.45) is 0. The van der Waals surface area contributed by atoms with E-state index in [9.17, 15) is 9.90 Å². The lowest BCUT2D eigenvalue weighted by Gasteiger charge is -2.29. The van der Waals surface area contributed by atoms with Crippen molar-refractivity contribution in [3.63, 3.8) is 0 Å². The van der Waals surface area contributed by atoms with Crippen LogP contribution in [0.4, 0.5) is 5.69 Å². The first-order valence-electron chi connectivity index (χ1n) is 11.8. The summed E-state index contributed by atoms with van der Waals surface area (Å²) in [5.41, 5.74) is 2.63. The predicted molar refractivity (Wildman–Crippen MR) is 141 cm³/mol. The Balaban J connectivity index is 1.59. The second-order valence-electron chi connectivity index (χ2n) is 8.51. The van der Waals surface area contributed by atoms with Crippen molar-refractivity contribution in [1.82, 2.24) is 9.55 Å². The van der Waals surface area contributed by atoms with Crippen molar-refractivity contribution < 1.29 is 14.6 Å². The number of aliphatic hydroxyl groups is 1. The fourth-order valence-electron chi connectivity index (χ4n) is 4.52. The van der Waals surface area contributed by atoms with Crippen LogP contribution in [0.5, 0.6) is 5.75 Å². The Morgan fingerprint density at radius 3 is 2.08 bits per heavy atom. The minimum absolute atomic E-state index is 0.228. The van der Waals surface area contributed by atoms with Crippen LogP contribution in [0.25, 0.3) is 11.0 Å². The molecule has 0 aliphatic carbocycles. The molecule has 4 aromatic carbocycles. The van der Waals surface area contributed by atoms with E-state index >= 15 is 0 Å². The second kappa shape index (κ2) is 9.68. The van der Waals surface area contributed by atoms with E-state index in [2.05, 4.69) is 5.32 Å². The molecule has 36 heavy (non-hydrogen) atoms. The van der Waals surface area contributed by atoms with Crippen molar-refractivity contribution >= 4 is 22.6 Å². The van der Waals surface area contributed by atoms with Crippen LogP contribution in [0.2, 0.25) is 0 Å². The maximum Gasteiger partial charge on any atom is 0.255 e. The highest BCUT2D eigenvalue weighted by atomic mass is 16.5. The number of aromatic nitrogens is 2. The number of anilines is 1. The summed E-state index contributed by atoms with van der Waals surface area (Å²) in [6.45, 7) is 2.57. The summed E-state index contributed by atoms with van der Waals surface area (Å²) >= 11 is 0. The molecule has 1 aromatic heterocycles. The van der Waals surface area contributed by atoms with Crippen LogP contribution in [-0.2, 0) is 12.1 Å². The lowest BCUT2D eigenvalue weighted by molar-refractivity contribution is 0.102. The first-order chi connectivity index (χ1) is 17.5. The highest BCUT2D eigenvalue weighted by Gasteiger charge is 2.38. The molecule has 0 aliphatic rings. The van der Waals surface area contributed by atoms with Gasteiger partial charge in [-0.05, 0) is 60.5 Å². The van der Waals surface area contributed by atoms with Crippen LogP contribution in [0, 0.1) is 0 Å². The van der Waals surface area contributed by atoms with Crippen molar-refractivity contribution in [2.24, 2.45) is 0 Å². The van der Waals surface area contributed by atoms with Crippen LogP contribution in [0.3, 0.4) is 0 Å². The lowest BCUT2D eigenvalue weighted by Crippen LogP contribution is -2.32. The molecule has 6 nitrogen and oxygen atoms in total. The highest BCUT2D eigenvalue weighted by Crippen LogP contribution is 2.37. The number of rotatable bonds is 7. The van der Waals surface area contributed by atoms with E-state index < -0.39 is 5.60 Å². The Labute approximate surface area is 209 Å². The molecule has 0 bridgehead atoms. The number of hydrogen-bond acceptors (Lipinski definition) is 4. The van der Waals surface area contributed by atoms with Crippen molar-refractivity contribution in [3.05, 3.63) is 126 Å². The maximum absolute atomic E-state index is 13.0. The van der Waals surface area contributed by atoms with Crippen molar-refractivity contribution in [3.8, 4) is 5.75 Å². The third-order valence-corrected chi connectivity index (χ3v) is 6.38. The average Bonchev–Trinajstić information content (AvgIpc) is 3.32. The third-order valence-electron chi connectivity index (χ3n) is 6.38. The maximum atomic E-state index is 13.0. The lowest BCUT2D eigenvalue weighted by atomic mass is 9.85. The SMILES string of the molecule is CCn1c(C(O)(c2ccccc2)c2ccccc2)nc2ccc(C(=O)Nc3ccc(OC)cc3)cc21. The molecule has 0 radical (unpaired) electrons. The number of carbonyl (C=O) groups is 1. The predicted octanol–water partition coefficient (Wildman–Crippen LogP) is 5.60. The van der Waals surface area contributed by atoms with Gasteiger partial charge in [0.25, 0.3) is 5.91 Å². The van der Waals surface area contributed by atoms with Crippen LogP contribution in [0.1, 0.15) is 34.2 Å². The Morgan fingerprint density at radius 2 is 1.53 bits per heavy atom. The number of aryl methyl sites for hydroxylation is 1. The number of benzene rings is 4. The zero-order valence-corrected chi connectivity index (χ0v) is 20.2. The number of amides is 1. The van der Waals surface area contributed by atoms with Crippen molar-refractivity contribution in [2.45, 2.75) is 19.1 Å². The monoisotopic (exact) mass is 477 g/mol. The van der Waals surface area contributed by atoms with Gasteiger partial charge in [-0.1, -0.05) is 60.7 Å². The van der Waals surface area contributed by atoms with Gasteiger partial charge in [-0.2, -0.15) is 0 Å². The molecule has 0 saturated heterocycles. The van der Waals surface area contributed by atoms with Gasteiger partial charge in [-0.25, -0.2) is 4.98 Å². The summed E-state index contributed by atoms with van der Waals surface area (Å²) in [5, 5.41) is 15.2.